The Bertz CT molecular complexity index is 226. The van der Waals surface area contributed by atoms with Crippen LogP contribution in [-0.2, 0) is 0 Å². The van der Waals surface area contributed by atoms with Crippen molar-refractivity contribution in [2.75, 3.05) is 5.75 Å². The van der Waals surface area contributed by atoms with Crippen LogP contribution in [0.2, 0.25) is 0 Å². The van der Waals surface area contributed by atoms with Crippen molar-refractivity contribution in [1.29, 1.82) is 0 Å². The fraction of sp³-hybridized carbons (Fsp3) is 1.00. The van der Waals surface area contributed by atoms with E-state index in [1.807, 2.05) is 0 Å². The first-order valence-corrected chi connectivity index (χ1v) is 10.4. The molecule has 1 aliphatic carbocycles. The molecule has 0 aromatic heterocycles. The third-order valence-electron chi connectivity index (χ3n) is 4.88. The summed E-state index contributed by atoms with van der Waals surface area (Å²) in [5, 5.41) is 0. The van der Waals surface area contributed by atoms with Crippen LogP contribution in [0.5, 0.6) is 0 Å². The zero-order valence-corrected chi connectivity index (χ0v) is 15.2. The molecule has 0 unspecified atom stereocenters. The molecule has 120 valence electrons. The lowest BCUT2D eigenvalue weighted by atomic mass is 10.0. The van der Waals surface area contributed by atoms with Crippen LogP contribution >= 0.6 is 11.8 Å². The van der Waals surface area contributed by atoms with E-state index >= 15 is 0 Å². The number of thioether (sulfide) groups is 1. The van der Waals surface area contributed by atoms with E-state index in [0.29, 0.717) is 0 Å². The topological polar surface area (TPSA) is 0 Å². The van der Waals surface area contributed by atoms with Gasteiger partial charge in [-0.15, -0.1) is 0 Å². The maximum absolute atomic E-state index is 2.33. The minimum atomic E-state index is 0.731. The second-order valence-electron chi connectivity index (χ2n) is 6.83. The second-order valence-corrected chi connectivity index (χ2v) is 8.34. The Hall–Kier alpha value is 0.350. The van der Waals surface area contributed by atoms with Gasteiger partial charge in [-0.2, -0.15) is 11.8 Å². The van der Waals surface area contributed by atoms with Crippen molar-refractivity contribution in [3.8, 4) is 0 Å². The molecule has 1 saturated carbocycles. The zero-order chi connectivity index (χ0) is 14.7. The van der Waals surface area contributed by atoms with E-state index in [1.54, 1.807) is 0 Å². The van der Waals surface area contributed by atoms with E-state index in [2.05, 4.69) is 32.5 Å². The third-order valence-corrected chi connectivity index (χ3v) is 6.77. The van der Waals surface area contributed by atoms with Gasteiger partial charge in [-0.25, -0.2) is 0 Å². The van der Waals surface area contributed by atoms with Gasteiger partial charge in [0.05, 0.1) is 0 Å². The molecule has 0 N–H and O–H groups in total. The molecule has 2 atom stereocenters. The van der Waals surface area contributed by atoms with Crippen molar-refractivity contribution < 1.29 is 0 Å². The third kappa shape index (κ3) is 6.87. The van der Waals surface area contributed by atoms with Crippen LogP contribution in [0.25, 0.3) is 0 Å². The van der Waals surface area contributed by atoms with Crippen molar-refractivity contribution in [2.45, 2.75) is 109 Å². The summed E-state index contributed by atoms with van der Waals surface area (Å²) in [7, 11) is 0. The molecule has 0 aromatic carbocycles. The summed E-state index contributed by atoms with van der Waals surface area (Å²) >= 11 is 2.32. The van der Waals surface area contributed by atoms with Gasteiger partial charge < -0.3 is 0 Å². The Morgan fingerprint density at radius 1 is 0.800 bits per heavy atom. The van der Waals surface area contributed by atoms with Gasteiger partial charge in [-0.1, -0.05) is 78.6 Å². The van der Waals surface area contributed by atoms with Crippen LogP contribution in [0.4, 0.5) is 0 Å². The quantitative estimate of drug-likeness (QED) is 0.305. The summed E-state index contributed by atoms with van der Waals surface area (Å²) in [5.74, 6) is 2.46. The smallest absolute Gasteiger partial charge is 0.0191 e. The Labute approximate surface area is 132 Å². The van der Waals surface area contributed by atoms with Crippen molar-refractivity contribution in [3.05, 3.63) is 0 Å². The molecule has 1 rings (SSSR count). The zero-order valence-electron chi connectivity index (χ0n) is 14.4. The van der Waals surface area contributed by atoms with Gasteiger partial charge in [-0.3, -0.25) is 0 Å². The molecule has 1 fully saturated rings. The molecule has 0 bridgehead atoms. The monoisotopic (exact) mass is 298 g/mol. The SMILES string of the molecule is CCCCCCCC[C@@]1(SCCC)C[C@@H]1CCCCC. The van der Waals surface area contributed by atoms with Crippen LogP contribution in [-0.4, -0.2) is 10.5 Å². The molecule has 0 nitrogen and oxygen atoms in total. The van der Waals surface area contributed by atoms with Gasteiger partial charge >= 0.3 is 0 Å². The highest BCUT2D eigenvalue weighted by Gasteiger charge is 2.52. The fourth-order valence-corrected chi connectivity index (χ4v) is 5.00. The Morgan fingerprint density at radius 3 is 2.15 bits per heavy atom. The first kappa shape index (κ1) is 18.4. The lowest BCUT2D eigenvalue weighted by Crippen LogP contribution is -2.08. The van der Waals surface area contributed by atoms with E-state index in [0.717, 1.165) is 10.7 Å². The normalized spacial score (nSPS) is 25.1. The van der Waals surface area contributed by atoms with Crippen LogP contribution in [0.3, 0.4) is 0 Å². The lowest BCUT2D eigenvalue weighted by Gasteiger charge is -2.17. The Kier molecular flexibility index (Phi) is 10.1. The molecule has 0 heterocycles. The fourth-order valence-electron chi connectivity index (χ4n) is 3.43. The summed E-state index contributed by atoms with van der Waals surface area (Å²) in [6, 6.07) is 0. The molecule has 0 saturated heterocycles. The predicted molar refractivity (Wildman–Crippen MR) is 95.7 cm³/mol. The molecule has 0 aromatic rings. The molecular formula is C19H38S. The van der Waals surface area contributed by atoms with Gasteiger partial charge in [0.25, 0.3) is 0 Å². The molecule has 0 radical (unpaired) electrons. The molecule has 0 aliphatic heterocycles. The van der Waals surface area contributed by atoms with Gasteiger partial charge in [0.1, 0.15) is 0 Å². The molecule has 0 amide bonds. The summed E-state index contributed by atoms with van der Waals surface area (Å²) in [4.78, 5) is 0. The second kappa shape index (κ2) is 11.0. The van der Waals surface area contributed by atoms with E-state index < -0.39 is 0 Å². The highest BCUT2D eigenvalue weighted by molar-refractivity contribution is 8.00. The highest BCUT2D eigenvalue weighted by Crippen LogP contribution is 2.59. The average molecular weight is 299 g/mol. The van der Waals surface area contributed by atoms with Gasteiger partial charge in [0.2, 0.25) is 0 Å². The Balaban J connectivity index is 2.17. The average Bonchev–Trinajstić information content (AvgIpc) is 3.14. The molecule has 0 spiro atoms. The standard InChI is InChI=1S/C19H38S/c1-4-7-9-10-11-13-15-19(20-16-6-3)17-18(19)14-12-8-5-2/h18H,4-17H2,1-3H3/t18-,19+/m0/s1. The van der Waals surface area contributed by atoms with Crippen LogP contribution in [0.15, 0.2) is 0 Å². The first-order chi connectivity index (χ1) is 9.79. The van der Waals surface area contributed by atoms with E-state index in [-0.39, 0.29) is 0 Å². The summed E-state index contributed by atoms with van der Waals surface area (Å²) < 4.78 is 0.731. The van der Waals surface area contributed by atoms with Crippen LogP contribution in [0.1, 0.15) is 104 Å². The predicted octanol–water partition coefficient (Wildman–Crippen LogP) is 7.22. The molecular weight excluding hydrogens is 260 g/mol. The van der Waals surface area contributed by atoms with Gasteiger partial charge in [0.15, 0.2) is 0 Å². The number of unbranched alkanes of at least 4 members (excludes halogenated alkanes) is 7. The minimum absolute atomic E-state index is 0.731. The molecule has 1 aliphatic rings. The Morgan fingerprint density at radius 2 is 1.45 bits per heavy atom. The van der Waals surface area contributed by atoms with Crippen molar-refractivity contribution in [1.82, 2.24) is 0 Å². The van der Waals surface area contributed by atoms with Crippen molar-refractivity contribution >= 4 is 11.8 Å². The lowest BCUT2D eigenvalue weighted by molar-refractivity contribution is 0.543. The summed E-state index contributed by atoms with van der Waals surface area (Å²) in [5.41, 5.74) is 0. The minimum Gasteiger partial charge on any atom is -0.155 e. The maximum atomic E-state index is 2.33. The summed E-state index contributed by atoms with van der Waals surface area (Å²) in [6.07, 6.45) is 18.9. The maximum Gasteiger partial charge on any atom is 0.0191 e. The number of hydrogen-bond donors (Lipinski definition) is 0. The van der Waals surface area contributed by atoms with Gasteiger partial charge in [-0.05, 0) is 37.4 Å². The highest BCUT2D eigenvalue weighted by atomic mass is 32.2. The molecule has 1 heteroatoms. The molecule has 20 heavy (non-hydrogen) atoms. The van der Waals surface area contributed by atoms with Crippen LogP contribution in [0, 0.1) is 5.92 Å². The van der Waals surface area contributed by atoms with E-state index in [1.165, 1.54) is 89.2 Å². The number of hydrogen-bond acceptors (Lipinski definition) is 1. The first-order valence-electron chi connectivity index (χ1n) is 9.43. The van der Waals surface area contributed by atoms with Crippen molar-refractivity contribution in [2.24, 2.45) is 5.92 Å². The number of rotatable bonds is 14. The van der Waals surface area contributed by atoms with E-state index in [9.17, 15) is 0 Å². The van der Waals surface area contributed by atoms with Crippen LogP contribution < -0.4 is 0 Å². The van der Waals surface area contributed by atoms with Crippen molar-refractivity contribution in [3.63, 3.8) is 0 Å². The van der Waals surface area contributed by atoms with Gasteiger partial charge in [0, 0.05) is 4.75 Å². The summed E-state index contributed by atoms with van der Waals surface area (Å²) in [6.45, 7) is 6.96. The van der Waals surface area contributed by atoms with E-state index in [4.69, 9.17) is 0 Å². The largest absolute Gasteiger partial charge is 0.155 e.